The number of nitrogens with one attached hydrogen (secondary N) is 1. The Morgan fingerprint density at radius 2 is 2.23 bits per heavy atom. The molecule has 1 fully saturated rings. The highest BCUT2D eigenvalue weighted by Gasteiger charge is 2.36. The van der Waals surface area contributed by atoms with Crippen molar-refractivity contribution in [3.63, 3.8) is 0 Å². The molecule has 0 aromatic carbocycles. The van der Waals surface area contributed by atoms with Crippen molar-refractivity contribution in [1.82, 2.24) is 15.1 Å². The molecule has 2 heterocycles. The SMILES string of the molecule is C[C@H](NC(=O)N1CCN(CC(F)(F)F)[C@@H](C)C1)c1ccco1. The highest BCUT2D eigenvalue weighted by Crippen LogP contribution is 2.20. The van der Waals surface area contributed by atoms with E-state index in [0.717, 1.165) is 0 Å². The van der Waals surface area contributed by atoms with Crippen molar-refractivity contribution >= 4 is 6.03 Å². The topological polar surface area (TPSA) is 48.7 Å². The third-order valence-electron chi connectivity index (χ3n) is 3.74. The Hall–Kier alpha value is -1.70. The second-order valence-electron chi connectivity index (χ2n) is 5.57. The number of hydrogen-bond acceptors (Lipinski definition) is 3. The van der Waals surface area contributed by atoms with Crippen molar-refractivity contribution in [2.24, 2.45) is 0 Å². The van der Waals surface area contributed by atoms with Crippen LogP contribution in [0.3, 0.4) is 0 Å². The van der Waals surface area contributed by atoms with Gasteiger partial charge in [-0.3, -0.25) is 4.90 Å². The Morgan fingerprint density at radius 3 is 2.77 bits per heavy atom. The van der Waals surface area contributed by atoms with Crippen molar-refractivity contribution < 1.29 is 22.4 Å². The van der Waals surface area contributed by atoms with Crippen molar-refractivity contribution in [2.45, 2.75) is 32.1 Å². The highest BCUT2D eigenvalue weighted by molar-refractivity contribution is 5.74. The lowest BCUT2D eigenvalue weighted by molar-refractivity contribution is -0.153. The van der Waals surface area contributed by atoms with E-state index in [0.29, 0.717) is 5.76 Å². The maximum Gasteiger partial charge on any atom is 0.401 e. The van der Waals surface area contributed by atoms with E-state index in [2.05, 4.69) is 5.32 Å². The smallest absolute Gasteiger partial charge is 0.401 e. The first-order valence-electron chi connectivity index (χ1n) is 7.16. The molecule has 2 amide bonds. The van der Waals surface area contributed by atoms with Gasteiger partial charge in [-0.25, -0.2) is 4.79 Å². The van der Waals surface area contributed by atoms with Crippen LogP contribution in [-0.4, -0.2) is 54.2 Å². The summed E-state index contributed by atoms with van der Waals surface area (Å²) in [7, 11) is 0. The Labute approximate surface area is 127 Å². The van der Waals surface area contributed by atoms with Gasteiger partial charge in [0.1, 0.15) is 5.76 Å². The van der Waals surface area contributed by atoms with Gasteiger partial charge in [0.15, 0.2) is 0 Å². The van der Waals surface area contributed by atoms with Crippen LogP contribution < -0.4 is 5.32 Å². The lowest BCUT2D eigenvalue weighted by Crippen LogP contribution is -2.57. The molecule has 22 heavy (non-hydrogen) atoms. The van der Waals surface area contributed by atoms with Crippen molar-refractivity contribution in [2.75, 3.05) is 26.2 Å². The maximum absolute atomic E-state index is 12.5. The van der Waals surface area contributed by atoms with Gasteiger partial charge in [-0.2, -0.15) is 13.2 Å². The number of rotatable bonds is 3. The first kappa shape index (κ1) is 16.7. The minimum atomic E-state index is -4.22. The van der Waals surface area contributed by atoms with E-state index in [1.807, 2.05) is 0 Å². The summed E-state index contributed by atoms with van der Waals surface area (Å²) in [6.07, 6.45) is -2.69. The summed E-state index contributed by atoms with van der Waals surface area (Å²) in [4.78, 5) is 15.1. The molecule has 0 aliphatic carbocycles. The fourth-order valence-electron chi connectivity index (χ4n) is 2.53. The van der Waals surface area contributed by atoms with E-state index in [4.69, 9.17) is 4.42 Å². The van der Waals surface area contributed by atoms with E-state index < -0.39 is 12.7 Å². The molecule has 124 valence electrons. The van der Waals surface area contributed by atoms with E-state index >= 15 is 0 Å². The van der Waals surface area contributed by atoms with E-state index in [9.17, 15) is 18.0 Å². The van der Waals surface area contributed by atoms with Gasteiger partial charge in [-0.05, 0) is 26.0 Å². The summed E-state index contributed by atoms with van der Waals surface area (Å²) < 4.78 is 42.6. The number of halogens is 3. The average Bonchev–Trinajstić information content (AvgIpc) is 2.93. The standard InChI is InChI=1S/C14H20F3N3O2/c1-10-8-19(5-6-20(10)9-14(15,16)17)13(21)18-11(2)12-4-3-7-22-12/h3-4,7,10-11H,5-6,8-9H2,1-2H3,(H,18,21)/t10-,11-/m0/s1. The van der Waals surface area contributed by atoms with Gasteiger partial charge in [0.05, 0.1) is 18.8 Å². The molecule has 1 aromatic rings. The highest BCUT2D eigenvalue weighted by atomic mass is 19.4. The first-order chi connectivity index (χ1) is 10.3. The van der Waals surface area contributed by atoms with Crippen molar-refractivity contribution in [1.29, 1.82) is 0 Å². The molecule has 2 rings (SSSR count). The van der Waals surface area contributed by atoms with Gasteiger partial charge in [0.2, 0.25) is 0 Å². The third kappa shape index (κ3) is 4.40. The second-order valence-corrected chi connectivity index (χ2v) is 5.57. The Bertz CT molecular complexity index is 490. The van der Waals surface area contributed by atoms with Gasteiger partial charge in [-0.15, -0.1) is 0 Å². The number of urea groups is 1. The Kier molecular flexibility index (Phi) is 5.00. The minimum Gasteiger partial charge on any atom is -0.467 e. The molecule has 8 heteroatoms. The zero-order chi connectivity index (χ0) is 16.3. The molecule has 1 aromatic heterocycles. The van der Waals surface area contributed by atoms with Crippen LogP contribution in [0.1, 0.15) is 25.6 Å². The van der Waals surface area contributed by atoms with Crippen molar-refractivity contribution in [3.8, 4) is 0 Å². The number of carbonyl (C=O) groups excluding carboxylic acids is 1. The van der Waals surface area contributed by atoms with Gasteiger partial charge >= 0.3 is 12.2 Å². The number of piperazine rings is 1. The second kappa shape index (κ2) is 6.60. The minimum absolute atomic E-state index is 0.212. The Balaban J connectivity index is 1.86. The molecule has 1 aliphatic heterocycles. The van der Waals surface area contributed by atoms with Crippen LogP contribution in [0.5, 0.6) is 0 Å². The monoisotopic (exact) mass is 319 g/mol. The fourth-order valence-corrected chi connectivity index (χ4v) is 2.53. The number of alkyl halides is 3. The van der Waals surface area contributed by atoms with Gasteiger partial charge < -0.3 is 14.6 Å². The van der Waals surface area contributed by atoms with Crippen LogP contribution in [0, 0.1) is 0 Å². The summed E-state index contributed by atoms with van der Waals surface area (Å²) in [5.74, 6) is 0.636. The first-order valence-corrected chi connectivity index (χ1v) is 7.16. The van der Waals surface area contributed by atoms with Gasteiger partial charge in [0.25, 0.3) is 0 Å². The number of hydrogen-bond donors (Lipinski definition) is 1. The molecular formula is C14H20F3N3O2. The third-order valence-corrected chi connectivity index (χ3v) is 3.74. The average molecular weight is 319 g/mol. The van der Waals surface area contributed by atoms with Crippen LogP contribution in [0.25, 0.3) is 0 Å². The molecule has 0 spiro atoms. The normalized spacial score (nSPS) is 21.7. The van der Waals surface area contributed by atoms with E-state index in [1.165, 1.54) is 16.1 Å². The molecular weight excluding hydrogens is 299 g/mol. The summed E-state index contributed by atoms with van der Waals surface area (Å²) in [6.45, 7) is 3.31. The number of furan rings is 1. The summed E-state index contributed by atoms with van der Waals surface area (Å²) in [6, 6.07) is 2.58. The van der Waals surface area contributed by atoms with Gasteiger partial charge in [0, 0.05) is 25.7 Å². The van der Waals surface area contributed by atoms with E-state index in [-0.39, 0.29) is 37.7 Å². The van der Waals surface area contributed by atoms with E-state index in [1.54, 1.807) is 26.0 Å². The zero-order valence-corrected chi connectivity index (χ0v) is 12.6. The molecule has 0 radical (unpaired) electrons. The Morgan fingerprint density at radius 1 is 1.50 bits per heavy atom. The molecule has 1 saturated heterocycles. The lowest BCUT2D eigenvalue weighted by Gasteiger charge is -2.40. The molecule has 2 atom stereocenters. The maximum atomic E-state index is 12.5. The molecule has 0 bridgehead atoms. The number of carbonyl (C=O) groups is 1. The van der Waals surface area contributed by atoms with Crippen LogP contribution in [0.4, 0.5) is 18.0 Å². The number of amides is 2. The quantitative estimate of drug-likeness (QED) is 0.932. The molecule has 1 N–H and O–H groups in total. The summed E-state index contributed by atoms with van der Waals surface area (Å²) in [5, 5.41) is 2.79. The van der Waals surface area contributed by atoms with Crippen molar-refractivity contribution in [3.05, 3.63) is 24.2 Å². The number of nitrogens with zero attached hydrogens (tertiary/aromatic N) is 2. The molecule has 5 nitrogen and oxygen atoms in total. The lowest BCUT2D eigenvalue weighted by atomic mass is 10.2. The molecule has 0 unspecified atom stereocenters. The summed E-state index contributed by atoms with van der Waals surface area (Å²) in [5.41, 5.74) is 0. The van der Waals surface area contributed by atoms with Crippen LogP contribution in [-0.2, 0) is 0 Å². The molecule has 1 aliphatic rings. The molecule has 0 saturated carbocycles. The van der Waals surface area contributed by atoms with Gasteiger partial charge in [-0.1, -0.05) is 0 Å². The predicted octanol–water partition coefficient (Wildman–Crippen LogP) is 2.62. The van der Waals surface area contributed by atoms with Crippen LogP contribution in [0.15, 0.2) is 22.8 Å². The summed E-state index contributed by atoms with van der Waals surface area (Å²) >= 11 is 0. The largest absolute Gasteiger partial charge is 0.467 e. The zero-order valence-electron chi connectivity index (χ0n) is 12.6. The van der Waals surface area contributed by atoms with Crippen LogP contribution >= 0.6 is 0 Å². The van der Waals surface area contributed by atoms with Crippen LogP contribution in [0.2, 0.25) is 0 Å². The fraction of sp³-hybridized carbons (Fsp3) is 0.643. The predicted molar refractivity (Wildman–Crippen MR) is 74.3 cm³/mol.